The molecule has 4 nitrogen and oxygen atoms in total. The Balaban J connectivity index is 2.84. The van der Waals surface area contributed by atoms with Crippen LogP contribution < -0.4 is 4.74 Å². The Morgan fingerprint density at radius 2 is 2.54 bits per heavy atom. The molecular weight excluding hydrogens is 190 g/mol. The largest absolute Gasteiger partial charge is 0.477 e. The second-order valence-corrected chi connectivity index (χ2v) is 3.22. The quantitative estimate of drug-likeness (QED) is 0.801. The Morgan fingerprint density at radius 3 is 3.08 bits per heavy atom. The van der Waals surface area contributed by atoms with Crippen LogP contribution in [0.2, 0.25) is 0 Å². The van der Waals surface area contributed by atoms with Crippen LogP contribution in [0, 0.1) is 11.3 Å². The van der Waals surface area contributed by atoms with Crippen molar-refractivity contribution in [3.05, 3.63) is 16.3 Å². The molecule has 1 N–H and O–H groups in total. The third kappa shape index (κ3) is 2.20. The molecule has 1 unspecified atom stereocenters. The van der Waals surface area contributed by atoms with Crippen molar-refractivity contribution >= 4 is 17.3 Å². The maximum Gasteiger partial charge on any atom is 0.349 e. The molecule has 0 bridgehead atoms. The molecule has 0 spiro atoms. The van der Waals surface area contributed by atoms with E-state index in [2.05, 4.69) is 0 Å². The summed E-state index contributed by atoms with van der Waals surface area (Å²) in [5.74, 6) is -0.776. The number of nitriles is 1. The van der Waals surface area contributed by atoms with Gasteiger partial charge in [0, 0.05) is 0 Å². The topological polar surface area (TPSA) is 70.3 Å². The minimum atomic E-state index is -1.03. The summed E-state index contributed by atoms with van der Waals surface area (Å²) in [6.07, 6.45) is -0.632. The second-order valence-electron chi connectivity index (χ2n) is 2.31. The van der Waals surface area contributed by atoms with Gasteiger partial charge in [0.2, 0.25) is 0 Å². The Morgan fingerprint density at radius 1 is 1.85 bits per heavy atom. The van der Waals surface area contributed by atoms with Gasteiger partial charge in [-0.2, -0.15) is 5.26 Å². The fourth-order valence-corrected chi connectivity index (χ4v) is 1.42. The van der Waals surface area contributed by atoms with E-state index in [4.69, 9.17) is 15.1 Å². The smallest absolute Gasteiger partial charge is 0.349 e. The first-order valence-corrected chi connectivity index (χ1v) is 4.40. The molecule has 0 amide bonds. The molecule has 0 saturated heterocycles. The minimum absolute atomic E-state index is 0.127. The molecule has 0 saturated carbocycles. The first-order chi connectivity index (χ1) is 6.15. The van der Waals surface area contributed by atoms with E-state index >= 15 is 0 Å². The van der Waals surface area contributed by atoms with Gasteiger partial charge in [0.25, 0.3) is 0 Å². The van der Waals surface area contributed by atoms with E-state index in [1.807, 2.05) is 6.07 Å². The van der Waals surface area contributed by atoms with Gasteiger partial charge < -0.3 is 9.84 Å². The Labute approximate surface area is 79.0 Å². The monoisotopic (exact) mass is 197 g/mol. The molecule has 1 heterocycles. The summed E-state index contributed by atoms with van der Waals surface area (Å²) in [5.41, 5.74) is 0. The number of nitrogens with zero attached hydrogens (tertiary/aromatic N) is 1. The molecule has 0 radical (unpaired) electrons. The van der Waals surface area contributed by atoms with Crippen LogP contribution in [0.4, 0.5) is 0 Å². The van der Waals surface area contributed by atoms with Gasteiger partial charge in [0.1, 0.15) is 11.8 Å². The maximum atomic E-state index is 10.6. The van der Waals surface area contributed by atoms with E-state index in [0.29, 0.717) is 0 Å². The third-order valence-electron chi connectivity index (χ3n) is 1.31. The van der Waals surface area contributed by atoms with Gasteiger partial charge in [0.05, 0.1) is 0 Å². The lowest BCUT2D eigenvalue weighted by atomic mass is 10.4. The summed E-state index contributed by atoms with van der Waals surface area (Å²) >= 11 is 1.08. The molecule has 13 heavy (non-hydrogen) atoms. The number of aromatic carboxylic acids is 1. The van der Waals surface area contributed by atoms with Gasteiger partial charge in [-0.3, -0.25) is 0 Å². The summed E-state index contributed by atoms with van der Waals surface area (Å²) in [6.45, 7) is 1.56. The van der Waals surface area contributed by atoms with Crippen molar-refractivity contribution in [3.63, 3.8) is 0 Å². The number of carbonyl (C=O) groups is 1. The number of thiophene rings is 1. The lowest BCUT2D eigenvalue weighted by Crippen LogP contribution is -2.09. The van der Waals surface area contributed by atoms with Gasteiger partial charge >= 0.3 is 5.97 Å². The highest BCUT2D eigenvalue weighted by molar-refractivity contribution is 7.12. The van der Waals surface area contributed by atoms with E-state index in [9.17, 15) is 4.79 Å². The van der Waals surface area contributed by atoms with Crippen molar-refractivity contribution in [1.29, 1.82) is 5.26 Å². The SMILES string of the molecule is CC(C#N)Oc1ccsc1C(=O)O. The number of carboxylic acid groups (broad SMARTS) is 1. The zero-order chi connectivity index (χ0) is 9.84. The molecule has 0 fully saturated rings. The zero-order valence-electron chi connectivity index (χ0n) is 6.85. The summed E-state index contributed by atoms with van der Waals surface area (Å²) in [6, 6.07) is 3.40. The van der Waals surface area contributed by atoms with E-state index in [1.165, 1.54) is 0 Å². The standard InChI is InChI=1S/C8H7NO3S/c1-5(4-9)12-6-2-3-13-7(6)8(10)11/h2-3,5H,1H3,(H,10,11). The van der Waals surface area contributed by atoms with Crippen LogP contribution in [-0.4, -0.2) is 17.2 Å². The highest BCUT2D eigenvalue weighted by Gasteiger charge is 2.14. The summed E-state index contributed by atoms with van der Waals surface area (Å²) < 4.78 is 5.06. The lowest BCUT2D eigenvalue weighted by Gasteiger charge is -2.05. The number of hydrogen-bond acceptors (Lipinski definition) is 4. The van der Waals surface area contributed by atoms with Gasteiger partial charge in [-0.1, -0.05) is 0 Å². The van der Waals surface area contributed by atoms with Gasteiger partial charge in [-0.25, -0.2) is 4.79 Å². The van der Waals surface area contributed by atoms with E-state index < -0.39 is 12.1 Å². The Kier molecular flexibility index (Phi) is 2.88. The third-order valence-corrected chi connectivity index (χ3v) is 2.19. The molecule has 0 aromatic carbocycles. The molecule has 0 aliphatic heterocycles. The normalized spacial score (nSPS) is 11.7. The summed E-state index contributed by atoms with van der Waals surface area (Å²) in [7, 11) is 0. The van der Waals surface area contributed by atoms with Crippen molar-refractivity contribution < 1.29 is 14.6 Å². The second kappa shape index (κ2) is 3.92. The van der Waals surface area contributed by atoms with E-state index in [1.54, 1.807) is 18.4 Å². The number of rotatable bonds is 3. The predicted molar refractivity (Wildman–Crippen MR) is 47.0 cm³/mol. The number of carboxylic acids is 1. The summed E-state index contributed by atoms with van der Waals surface area (Å²) in [5, 5.41) is 18.7. The van der Waals surface area contributed by atoms with E-state index in [-0.39, 0.29) is 10.6 Å². The van der Waals surface area contributed by atoms with Gasteiger partial charge in [-0.05, 0) is 18.4 Å². The fraction of sp³-hybridized carbons (Fsp3) is 0.250. The van der Waals surface area contributed by atoms with Crippen molar-refractivity contribution in [3.8, 4) is 11.8 Å². The van der Waals surface area contributed by atoms with Crippen LogP contribution in [0.3, 0.4) is 0 Å². The molecule has 5 heteroatoms. The fourth-order valence-electron chi connectivity index (χ4n) is 0.763. The number of ether oxygens (including phenoxy) is 1. The van der Waals surface area contributed by atoms with Crippen molar-refractivity contribution in [1.82, 2.24) is 0 Å². The average Bonchev–Trinajstić information content (AvgIpc) is 2.52. The van der Waals surface area contributed by atoms with Crippen molar-refractivity contribution in [2.75, 3.05) is 0 Å². The zero-order valence-corrected chi connectivity index (χ0v) is 7.67. The minimum Gasteiger partial charge on any atom is -0.477 e. The first-order valence-electron chi connectivity index (χ1n) is 3.52. The van der Waals surface area contributed by atoms with E-state index in [0.717, 1.165) is 11.3 Å². The lowest BCUT2D eigenvalue weighted by molar-refractivity contribution is 0.0697. The first kappa shape index (κ1) is 9.55. The molecule has 1 atom stereocenters. The molecule has 1 rings (SSSR count). The Hall–Kier alpha value is -1.54. The molecule has 1 aromatic rings. The van der Waals surface area contributed by atoms with Crippen LogP contribution in [0.15, 0.2) is 11.4 Å². The molecule has 0 aliphatic carbocycles. The predicted octanol–water partition coefficient (Wildman–Crippen LogP) is 1.74. The van der Waals surface area contributed by atoms with Crippen LogP contribution >= 0.6 is 11.3 Å². The van der Waals surface area contributed by atoms with Crippen LogP contribution in [0.1, 0.15) is 16.6 Å². The van der Waals surface area contributed by atoms with Gasteiger partial charge in [0.15, 0.2) is 11.0 Å². The molecular formula is C8H7NO3S. The Bertz CT molecular complexity index is 353. The van der Waals surface area contributed by atoms with Crippen LogP contribution in [-0.2, 0) is 0 Å². The van der Waals surface area contributed by atoms with Crippen LogP contribution in [0.5, 0.6) is 5.75 Å². The van der Waals surface area contributed by atoms with Gasteiger partial charge in [-0.15, -0.1) is 11.3 Å². The summed E-state index contributed by atoms with van der Waals surface area (Å²) in [4.78, 5) is 10.7. The molecule has 0 aliphatic rings. The number of hydrogen-bond donors (Lipinski definition) is 1. The molecule has 68 valence electrons. The molecule has 1 aromatic heterocycles. The maximum absolute atomic E-state index is 10.6. The average molecular weight is 197 g/mol. The highest BCUT2D eigenvalue weighted by atomic mass is 32.1. The van der Waals surface area contributed by atoms with Crippen molar-refractivity contribution in [2.45, 2.75) is 13.0 Å². The van der Waals surface area contributed by atoms with Crippen LogP contribution in [0.25, 0.3) is 0 Å². The van der Waals surface area contributed by atoms with Crippen molar-refractivity contribution in [2.24, 2.45) is 0 Å². The highest BCUT2D eigenvalue weighted by Crippen LogP contribution is 2.25.